The number of anilines is 2. The molecular formula is C24H25N3O3S. The van der Waals surface area contributed by atoms with Crippen LogP contribution in [0.2, 0.25) is 0 Å². The lowest BCUT2D eigenvalue weighted by molar-refractivity contribution is -0.121. The van der Waals surface area contributed by atoms with E-state index < -0.39 is 0 Å². The number of ether oxygens (including phenoxy) is 1. The van der Waals surface area contributed by atoms with Gasteiger partial charge in [-0.2, -0.15) is 0 Å². The van der Waals surface area contributed by atoms with Crippen molar-refractivity contribution in [1.29, 1.82) is 0 Å². The molecule has 0 spiro atoms. The standard InChI is InChI=1S/C24H25N3O3S/c1-3-17(4-2)23(29)26-24-25-19(15-31-24)18-10-11-21-20(12-18)27(22(28)14-30-21)13-16-8-6-5-7-9-16/h5-12,15,17H,3-4,13-14H2,1-2H3,(H,25,26,29). The molecule has 0 fully saturated rings. The molecule has 4 rings (SSSR count). The number of fused-ring (bicyclic) bond motifs is 1. The Morgan fingerprint density at radius 1 is 1.19 bits per heavy atom. The fraction of sp³-hybridized carbons (Fsp3) is 0.292. The molecule has 160 valence electrons. The molecule has 1 aromatic heterocycles. The predicted molar refractivity (Wildman–Crippen MR) is 123 cm³/mol. The lowest BCUT2D eigenvalue weighted by atomic mass is 10.0. The molecule has 0 radical (unpaired) electrons. The third kappa shape index (κ3) is 4.61. The van der Waals surface area contributed by atoms with Crippen molar-refractivity contribution < 1.29 is 14.3 Å². The third-order valence-electron chi connectivity index (χ3n) is 5.47. The Morgan fingerprint density at radius 2 is 1.97 bits per heavy atom. The highest BCUT2D eigenvalue weighted by Crippen LogP contribution is 2.37. The highest BCUT2D eigenvalue weighted by molar-refractivity contribution is 7.14. The van der Waals surface area contributed by atoms with Crippen molar-refractivity contribution >= 4 is 34.0 Å². The number of carbonyl (C=O) groups excluding carboxylic acids is 2. The molecule has 2 heterocycles. The zero-order chi connectivity index (χ0) is 21.8. The fourth-order valence-corrected chi connectivity index (χ4v) is 4.35. The largest absolute Gasteiger partial charge is 0.482 e. The summed E-state index contributed by atoms with van der Waals surface area (Å²) in [4.78, 5) is 31.3. The minimum absolute atomic E-state index is 0.00405. The average molecular weight is 436 g/mol. The van der Waals surface area contributed by atoms with Gasteiger partial charge in [0, 0.05) is 16.9 Å². The number of carbonyl (C=O) groups is 2. The maximum Gasteiger partial charge on any atom is 0.265 e. The molecule has 0 aliphatic carbocycles. The lowest BCUT2D eigenvalue weighted by Crippen LogP contribution is -2.38. The van der Waals surface area contributed by atoms with Crippen molar-refractivity contribution in [3.63, 3.8) is 0 Å². The van der Waals surface area contributed by atoms with Crippen LogP contribution in [0.1, 0.15) is 32.3 Å². The maximum atomic E-state index is 12.6. The Labute approximate surface area is 185 Å². The molecule has 3 aromatic rings. The summed E-state index contributed by atoms with van der Waals surface area (Å²) in [6.07, 6.45) is 1.60. The van der Waals surface area contributed by atoms with E-state index in [0.29, 0.717) is 17.4 Å². The lowest BCUT2D eigenvalue weighted by Gasteiger charge is -2.29. The first-order chi connectivity index (χ1) is 15.1. The van der Waals surface area contributed by atoms with E-state index in [1.54, 1.807) is 4.90 Å². The molecule has 1 aliphatic rings. The maximum absolute atomic E-state index is 12.6. The first kappa shape index (κ1) is 21.1. The van der Waals surface area contributed by atoms with Gasteiger partial charge in [-0.15, -0.1) is 11.3 Å². The second-order valence-corrected chi connectivity index (χ2v) is 8.34. The molecule has 0 saturated heterocycles. The minimum atomic E-state index is -0.0788. The first-order valence-corrected chi connectivity index (χ1v) is 11.3. The minimum Gasteiger partial charge on any atom is -0.482 e. The van der Waals surface area contributed by atoms with Gasteiger partial charge in [0.15, 0.2) is 11.7 Å². The van der Waals surface area contributed by atoms with Crippen molar-refractivity contribution in [2.24, 2.45) is 5.92 Å². The van der Waals surface area contributed by atoms with Crippen molar-refractivity contribution in [2.45, 2.75) is 33.2 Å². The Morgan fingerprint density at radius 3 is 2.71 bits per heavy atom. The number of hydrogen-bond acceptors (Lipinski definition) is 5. The van der Waals surface area contributed by atoms with Gasteiger partial charge < -0.3 is 15.0 Å². The number of benzene rings is 2. The monoisotopic (exact) mass is 435 g/mol. The Kier molecular flexibility index (Phi) is 6.32. The second-order valence-electron chi connectivity index (χ2n) is 7.48. The normalized spacial score (nSPS) is 13.1. The topological polar surface area (TPSA) is 71.5 Å². The van der Waals surface area contributed by atoms with E-state index in [9.17, 15) is 9.59 Å². The molecule has 0 unspecified atom stereocenters. The van der Waals surface area contributed by atoms with Crippen molar-refractivity contribution in [3.05, 3.63) is 59.5 Å². The summed E-state index contributed by atoms with van der Waals surface area (Å²) >= 11 is 1.40. The fourth-order valence-electron chi connectivity index (χ4n) is 3.63. The van der Waals surface area contributed by atoms with Gasteiger partial charge in [0.1, 0.15) is 5.75 Å². The van der Waals surface area contributed by atoms with Crippen molar-refractivity contribution in [3.8, 4) is 17.0 Å². The van der Waals surface area contributed by atoms with Crippen LogP contribution in [0, 0.1) is 5.92 Å². The Hall–Kier alpha value is -3.19. The molecule has 7 heteroatoms. The average Bonchev–Trinajstić information content (AvgIpc) is 3.25. The van der Waals surface area contributed by atoms with Crippen LogP contribution in [0.3, 0.4) is 0 Å². The summed E-state index contributed by atoms with van der Waals surface area (Å²) in [5.74, 6) is 0.594. The van der Waals surface area contributed by atoms with Gasteiger partial charge in [-0.25, -0.2) is 4.98 Å². The van der Waals surface area contributed by atoms with Gasteiger partial charge >= 0.3 is 0 Å². The molecule has 0 saturated carbocycles. The summed E-state index contributed by atoms with van der Waals surface area (Å²) in [5.41, 5.74) is 3.40. The number of aromatic nitrogens is 1. The molecule has 0 atom stereocenters. The van der Waals surface area contributed by atoms with Gasteiger partial charge in [-0.3, -0.25) is 9.59 Å². The molecular weight excluding hydrogens is 410 g/mol. The van der Waals surface area contributed by atoms with Crippen molar-refractivity contribution in [1.82, 2.24) is 4.98 Å². The van der Waals surface area contributed by atoms with Crippen LogP contribution in [0.25, 0.3) is 11.3 Å². The van der Waals surface area contributed by atoms with Crippen molar-refractivity contribution in [2.75, 3.05) is 16.8 Å². The Balaban J connectivity index is 1.58. The van der Waals surface area contributed by atoms with E-state index in [2.05, 4.69) is 10.3 Å². The SMILES string of the molecule is CCC(CC)C(=O)Nc1nc(-c2ccc3c(c2)N(Cc2ccccc2)C(=O)CO3)cs1. The molecule has 6 nitrogen and oxygen atoms in total. The third-order valence-corrected chi connectivity index (χ3v) is 6.23. The van der Waals surface area contributed by atoms with Crippen LogP contribution in [0.4, 0.5) is 10.8 Å². The van der Waals surface area contributed by atoms with Gasteiger partial charge in [0.05, 0.1) is 17.9 Å². The Bertz CT molecular complexity index is 1080. The summed E-state index contributed by atoms with van der Waals surface area (Å²) in [5, 5.41) is 5.42. The molecule has 0 bridgehead atoms. The van der Waals surface area contributed by atoms with Gasteiger partial charge in [-0.05, 0) is 36.6 Å². The van der Waals surface area contributed by atoms with Gasteiger partial charge in [0.2, 0.25) is 5.91 Å². The molecule has 2 amide bonds. The van der Waals surface area contributed by atoms with Gasteiger partial charge in [0.25, 0.3) is 5.91 Å². The highest BCUT2D eigenvalue weighted by Gasteiger charge is 2.26. The highest BCUT2D eigenvalue weighted by atomic mass is 32.1. The number of hydrogen-bond donors (Lipinski definition) is 1. The number of nitrogens with one attached hydrogen (secondary N) is 1. The number of rotatable bonds is 7. The van der Waals surface area contributed by atoms with E-state index in [4.69, 9.17) is 4.74 Å². The van der Waals surface area contributed by atoms with Crippen LogP contribution in [-0.2, 0) is 16.1 Å². The van der Waals surface area contributed by atoms with E-state index in [1.807, 2.05) is 67.8 Å². The summed E-state index contributed by atoms with van der Waals surface area (Å²) < 4.78 is 5.64. The quantitative estimate of drug-likeness (QED) is 0.560. The number of thiazole rings is 1. The molecule has 2 aromatic carbocycles. The second kappa shape index (κ2) is 9.31. The van der Waals surface area contributed by atoms with E-state index in [-0.39, 0.29) is 24.3 Å². The summed E-state index contributed by atoms with van der Waals surface area (Å²) in [7, 11) is 0. The zero-order valence-electron chi connectivity index (χ0n) is 17.6. The van der Waals surface area contributed by atoms with E-state index in [0.717, 1.165) is 35.3 Å². The number of amides is 2. The van der Waals surface area contributed by atoms with Crippen LogP contribution < -0.4 is 15.0 Å². The van der Waals surface area contributed by atoms with Crippen LogP contribution in [0.15, 0.2) is 53.9 Å². The zero-order valence-corrected chi connectivity index (χ0v) is 18.4. The smallest absolute Gasteiger partial charge is 0.265 e. The van der Waals surface area contributed by atoms with E-state index >= 15 is 0 Å². The molecule has 31 heavy (non-hydrogen) atoms. The van der Waals surface area contributed by atoms with Gasteiger partial charge in [-0.1, -0.05) is 44.2 Å². The molecule has 1 aliphatic heterocycles. The molecule has 1 N–H and O–H groups in total. The first-order valence-electron chi connectivity index (χ1n) is 10.5. The van der Waals surface area contributed by atoms with Crippen LogP contribution >= 0.6 is 11.3 Å². The van der Waals surface area contributed by atoms with Crippen LogP contribution in [0.5, 0.6) is 5.75 Å². The summed E-state index contributed by atoms with van der Waals surface area (Å²) in [6, 6.07) is 15.6. The van der Waals surface area contributed by atoms with Crippen LogP contribution in [-0.4, -0.2) is 23.4 Å². The summed E-state index contributed by atoms with van der Waals surface area (Å²) in [6.45, 7) is 4.53. The number of nitrogens with zero attached hydrogens (tertiary/aromatic N) is 2. The predicted octanol–water partition coefficient (Wildman–Crippen LogP) is 5.11. The van der Waals surface area contributed by atoms with E-state index in [1.165, 1.54) is 11.3 Å².